The van der Waals surface area contributed by atoms with E-state index in [9.17, 15) is 10.1 Å². The SMILES string of the molecule is COc1cccc2cccc(-c3nc(SC)[nH]c(=O)c3C#N)c12. The van der Waals surface area contributed by atoms with Crippen molar-refractivity contribution in [3.8, 4) is 23.1 Å². The minimum atomic E-state index is -0.436. The van der Waals surface area contributed by atoms with Crippen LogP contribution in [0.25, 0.3) is 22.0 Å². The minimum absolute atomic E-state index is 0.00112. The third-order valence-electron chi connectivity index (χ3n) is 3.54. The molecule has 3 rings (SSSR count). The molecule has 1 aromatic heterocycles. The van der Waals surface area contributed by atoms with Gasteiger partial charge in [-0.2, -0.15) is 5.26 Å². The topological polar surface area (TPSA) is 78.8 Å². The quantitative estimate of drug-likeness (QED) is 0.591. The molecule has 3 aromatic rings. The Hall–Kier alpha value is -2.78. The van der Waals surface area contributed by atoms with Crippen molar-refractivity contribution in [3.05, 3.63) is 52.3 Å². The van der Waals surface area contributed by atoms with Crippen LogP contribution in [-0.4, -0.2) is 23.3 Å². The molecule has 0 spiro atoms. The van der Waals surface area contributed by atoms with Gasteiger partial charge in [-0.3, -0.25) is 4.79 Å². The van der Waals surface area contributed by atoms with Crippen molar-refractivity contribution in [1.82, 2.24) is 9.97 Å². The van der Waals surface area contributed by atoms with Gasteiger partial charge in [-0.1, -0.05) is 42.1 Å². The van der Waals surface area contributed by atoms with E-state index in [1.165, 1.54) is 11.8 Å². The highest BCUT2D eigenvalue weighted by Gasteiger charge is 2.17. The number of nitrogens with one attached hydrogen (secondary N) is 1. The van der Waals surface area contributed by atoms with Gasteiger partial charge >= 0.3 is 0 Å². The van der Waals surface area contributed by atoms with Crippen molar-refractivity contribution in [2.24, 2.45) is 0 Å². The Morgan fingerprint density at radius 2 is 2.00 bits per heavy atom. The lowest BCUT2D eigenvalue weighted by atomic mass is 9.99. The minimum Gasteiger partial charge on any atom is -0.496 e. The maximum Gasteiger partial charge on any atom is 0.270 e. The first-order chi connectivity index (χ1) is 11.2. The van der Waals surface area contributed by atoms with Crippen LogP contribution in [-0.2, 0) is 0 Å². The summed E-state index contributed by atoms with van der Waals surface area (Å²) in [6.45, 7) is 0. The van der Waals surface area contributed by atoms with Crippen molar-refractivity contribution in [2.75, 3.05) is 13.4 Å². The Labute approximate surface area is 136 Å². The molecule has 0 amide bonds. The zero-order valence-corrected chi connectivity index (χ0v) is 13.4. The smallest absolute Gasteiger partial charge is 0.270 e. The number of fused-ring (bicyclic) bond motifs is 1. The van der Waals surface area contributed by atoms with Gasteiger partial charge in [0.15, 0.2) is 5.16 Å². The average molecular weight is 323 g/mol. The van der Waals surface area contributed by atoms with Gasteiger partial charge in [0, 0.05) is 10.9 Å². The van der Waals surface area contributed by atoms with E-state index in [2.05, 4.69) is 9.97 Å². The molecule has 0 bridgehead atoms. The first-order valence-corrected chi connectivity index (χ1v) is 8.06. The molecule has 1 heterocycles. The van der Waals surface area contributed by atoms with Gasteiger partial charge in [-0.25, -0.2) is 4.98 Å². The van der Waals surface area contributed by atoms with Gasteiger partial charge in [-0.05, 0) is 17.7 Å². The largest absolute Gasteiger partial charge is 0.496 e. The highest BCUT2D eigenvalue weighted by molar-refractivity contribution is 7.98. The van der Waals surface area contributed by atoms with E-state index in [0.29, 0.717) is 22.2 Å². The highest BCUT2D eigenvalue weighted by Crippen LogP contribution is 2.35. The molecule has 0 radical (unpaired) electrons. The molecule has 5 nitrogen and oxygen atoms in total. The molecule has 6 heteroatoms. The first kappa shape index (κ1) is 15.1. The number of methoxy groups -OCH3 is 1. The van der Waals surface area contributed by atoms with Gasteiger partial charge < -0.3 is 9.72 Å². The molecule has 0 aliphatic heterocycles. The molecular weight excluding hydrogens is 310 g/mol. The number of hydrogen-bond donors (Lipinski definition) is 1. The molecule has 1 N–H and O–H groups in total. The Morgan fingerprint density at radius 3 is 2.65 bits per heavy atom. The summed E-state index contributed by atoms with van der Waals surface area (Å²) in [5.74, 6) is 0.676. The van der Waals surface area contributed by atoms with Crippen LogP contribution in [0.4, 0.5) is 0 Å². The molecule has 0 unspecified atom stereocenters. The number of hydrogen-bond acceptors (Lipinski definition) is 5. The Morgan fingerprint density at radius 1 is 1.26 bits per heavy atom. The maximum atomic E-state index is 12.2. The molecule has 0 fully saturated rings. The van der Waals surface area contributed by atoms with Crippen LogP contribution in [0.15, 0.2) is 46.3 Å². The Balaban J connectivity index is 2.45. The Bertz CT molecular complexity index is 984. The number of aromatic nitrogens is 2. The summed E-state index contributed by atoms with van der Waals surface area (Å²) in [4.78, 5) is 19.2. The van der Waals surface area contributed by atoms with Crippen molar-refractivity contribution < 1.29 is 4.74 Å². The third kappa shape index (κ3) is 2.56. The predicted octanol–water partition coefficient (Wildman–Crippen LogP) is 3.19. The predicted molar refractivity (Wildman–Crippen MR) is 90.8 cm³/mol. The van der Waals surface area contributed by atoms with Gasteiger partial charge in [-0.15, -0.1) is 0 Å². The van der Waals surface area contributed by atoms with Gasteiger partial charge in [0.2, 0.25) is 0 Å². The van der Waals surface area contributed by atoms with Crippen molar-refractivity contribution >= 4 is 22.5 Å². The van der Waals surface area contributed by atoms with E-state index in [1.54, 1.807) is 7.11 Å². The van der Waals surface area contributed by atoms with Crippen LogP contribution in [0.3, 0.4) is 0 Å². The fraction of sp³-hybridized carbons (Fsp3) is 0.118. The summed E-state index contributed by atoms with van der Waals surface area (Å²) in [5.41, 5.74) is 0.642. The normalized spacial score (nSPS) is 10.5. The number of ether oxygens (including phenoxy) is 1. The lowest BCUT2D eigenvalue weighted by Crippen LogP contribution is -2.14. The summed E-state index contributed by atoms with van der Waals surface area (Å²) in [5, 5.41) is 11.6. The molecule has 114 valence electrons. The lowest BCUT2D eigenvalue weighted by Gasteiger charge is -2.11. The number of aromatic amines is 1. The highest BCUT2D eigenvalue weighted by atomic mass is 32.2. The number of rotatable bonds is 3. The summed E-state index contributed by atoms with van der Waals surface area (Å²) in [6, 6.07) is 13.3. The molecular formula is C17H13N3O2S. The number of nitriles is 1. The van der Waals surface area contributed by atoms with E-state index in [1.807, 2.05) is 48.7 Å². The number of benzene rings is 2. The molecule has 0 aliphatic carbocycles. The standard InChI is InChI=1S/C17H13N3O2S/c1-22-13-8-4-6-10-5-3-7-11(14(10)13)15-12(9-18)16(21)20-17(19-15)23-2/h3-8H,1-2H3,(H,19,20,21). The zero-order valence-electron chi connectivity index (χ0n) is 12.6. The molecule has 0 saturated carbocycles. The molecule has 0 saturated heterocycles. The van der Waals surface area contributed by atoms with Crippen LogP contribution in [0.1, 0.15) is 5.56 Å². The van der Waals surface area contributed by atoms with Gasteiger partial charge in [0.1, 0.15) is 17.4 Å². The Kier molecular flexibility index (Phi) is 4.04. The van der Waals surface area contributed by atoms with Crippen molar-refractivity contribution in [1.29, 1.82) is 5.26 Å². The summed E-state index contributed by atoms with van der Waals surface area (Å²) >= 11 is 1.32. The molecule has 0 atom stereocenters. The maximum absolute atomic E-state index is 12.2. The second-order valence-corrected chi connectivity index (χ2v) is 5.57. The number of thioether (sulfide) groups is 1. The van der Waals surface area contributed by atoms with Crippen LogP contribution >= 0.6 is 11.8 Å². The third-order valence-corrected chi connectivity index (χ3v) is 4.12. The number of nitrogens with zero attached hydrogens (tertiary/aromatic N) is 2. The summed E-state index contributed by atoms with van der Waals surface area (Å²) in [7, 11) is 1.59. The van der Waals surface area contributed by atoms with Crippen LogP contribution in [0, 0.1) is 11.3 Å². The zero-order chi connectivity index (χ0) is 16.4. The van der Waals surface area contributed by atoms with Crippen molar-refractivity contribution in [2.45, 2.75) is 5.16 Å². The van der Waals surface area contributed by atoms with Gasteiger partial charge in [0.25, 0.3) is 5.56 Å². The fourth-order valence-electron chi connectivity index (χ4n) is 2.52. The lowest BCUT2D eigenvalue weighted by molar-refractivity contribution is 0.420. The summed E-state index contributed by atoms with van der Waals surface area (Å²) in [6.07, 6.45) is 1.82. The second kappa shape index (κ2) is 6.15. The average Bonchev–Trinajstić information content (AvgIpc) is 2.59. The second-order valence-electron chi connectivity index (χ2n) is 4.77. The van der Waals surface area contributed by atoms with Gasteiger partial charge in [0.05, 0.1) is 12.8 Å². The first-order valence-electron chi connectivity index (χ1n) is 6.84. The molecule has 0 aliphatic rings. The van der Waals surface area contributed by atoms with E-state index < -0.39 is 5.56 Å². The van der Waals surface area contributed by atoms with E-state index in [-0.39, 0.29) is 5.56 Å². The van der Waals surface area contributed by atoms with Crippen LogP contribution < -0.4 is 10.3 Å². The van der Waals surface area contributed by atoms with Crippen LogP contribution in [0.2, 0.25) is 0 Å². The van der Waals surface area contributed by atoms with Crippen molar-refractivity contribution in [3.63, 3.8) is 0 Å². The van der Waals surface area contributed by atoms with E-state index >= 15 is 0 Å². The monoisotopic (exact) mass is 323 g/mol. The van der Waals surface area contributed by atoms with E-state index in [0.717, 1.165) is 10.8 Å². The van der Waals surface area contributed by atoms with E-state index in [4.69, 9.17) is 4.74 Å². The number of H-pyrrole nitrogens is 1. The molecule has 2 aromatic carbocycles. The summed E-state index contributed by atoms with van der Waals surface area (Å²) < 4.78 is 5.45. The molecule has 23 heavy (non-hydrogen) atoms. The fourth-order valence-corrected chi connectivity index (χ4v) is 2.90. The van der Waals surface area contributed by atoms with Crippen LogP contribution in [0.5, 0.6) is 5.75 Å².